The number of hydrogen-bond acceptors (Lipinski definition) is 5. The molecule has 0 aliphatic rings. The van der Waals surface area contributed by atoms with Crippen molar-refractivity contribution in [2.45, 2.75) is 37.1 Å². The molecule has 0 saturated heterocycles. The molecule has 4 aromatic rings. The van der Waals surface area contributed by atoms with E-state index in [9.17, 15) is 13.2 Å². The highest BCUT2D eigenvalue weighted by atomic mass is 35.5. The molecule has 8 heteroatoms. The van der Waals surface area contributed by atoms with Crippen molar-refractivity contribution < 1.29 is 17.9 Å². The van der Waals surface area contributed by atoms with Crippen molar-refractivity contribution in [1.82, 2.24) is 9.29 Å². The second-order valence-corrected chi connectivity index (χ2v) is 11.9. The zero-order valence-corrected chi connectivity index (χ0v) is 24.5. The molecule has 41 heavy (non-hydrogen) atoms. The van der Waals surface area contributed by atoms with Crippen LogP contribution < -0.4 is 0 Å². The van der Waals surface area contributed by atoms with E-state index >= 15 is 0 Å². The largest absolute Gasteiger partial charge is 0.469 e. The summed E-state index contributed by atoms with van der Waals surface area (Å²) in [4.78, 5) is 16.0. The van der Waals surface area contributed by atoms with Crippen molar-refractivity contribution in [3.05, 3.63) is 137 Å². The molecule has 0 fully saturated rings. The topological polar surface area (TPSA) is 76.6 Å². The van der Waals surface area contributed by atoms with Crippen LogP contribution in [0.2, 0.25) is 5.02 Å². The molecule has 0 amide bonds. The van der Waals surface area contributed by atoms with Crippen molar-refractivity contribution in [1.29, 1.82) is 0 Å². The second-order valence-electron chi connectivity index (χ2n) is 9.55. The minimum Gasteiger partial charge on any atom is -0.469 e. The van der Waals surface area contributed by atoms with Crippen LogP contribution in [0.5, 0.6) is 0 Å². The summed E-state index contributed by atoms with van der Waals surface area (Å²) in [5.74, 6) is -0.218. The van der Waals surface area contributed by atoms with Gasteiger partial charge in [-0.1, -0.05) is 78.3 Å². The molecule has 1 aromatic heterocycles. The van der Waals surface area contributed by atoms with Crippen LogP contribution in [0.4, 0.5) is 0 Å². The summed E-state index contributed by atoms with van der Waals surface area (Å²) < 4.78 is 33.5. The van der Waals surface area contributed by atoms with Gasteiger partial charge in [0.15, 0.2) is 0 Å². The van der Waals surface area contributed by atoms with Gasteiger partial charge in [-0.3, -0.25) is 9.78 Å². The molecule has 1 heterocycles. The summed E-state index contributed by atoms with van der Waals surface area (Å²) in [5, 5.41) is 0.488. The smallest absolute Gasteiger partial charge is 0.305 e. The summed E-state index contributed by atoms with van der Waals surface area (Å²) in [7, 11) is -2.34. The Morgan fingerprint density at radius 2 is 1.63 bits per heavy atom. The maximum Gasteiger partial charge on any atom is 0.305 e. The lowest BCUT2D eigenvalue weighted by atomic mass is 9.96. The number of rotatable bonds is 13. The third kappa shape index (κ3) is 8.60. The van der Waals surface area contributed by atoms with E-state index < -0.39 is 10.0 Å². The van der Waals surface area contributed by atoms with Crippen LogP contribution in [-0.4, -0.2) is 37.3 Å². The normalized spacial score (nSPS) is 11.9. The monoisotopic (exact) mass is 588 g/mol. The van der Waals surface area contributed by atoms with E-state index in [4.69, 9.17) is 16.3 Å². The van der Waals surface area contributed by atoms with E-state index in [2.05, 4.69) is 11.1 Å². The van der Waals surface area contributed by atoms with Crippen molar-refractivity contribution in [2.75, 3.05) is 13.7 Å². The number of aromatic nitrogens is 1. The molecule has 0 saturated carbocycles. The van der Waals surface area contributed by atoms with Gasteiger partial charge in [0, 0.05) is 42.5 Å². The molecule has 0 bridgehead atoms. The first-order valence-corrected chi connectivity index (χ1v) is 15.2. The number of ether oxygens (including phenoxy) is 1. The van der Waals surface area contributed by atoms with Gasteiger partial charge in [-0.05, 0) is 71.9 Å². The summed E-state index contributed by atoms with van der Waals surface area (Å²) in [6.07, 6.45) is 8.00. The number of esters is 1. The van der Waals surface area contributed by atoms with E-state index in [1.165, 1.54) is 11.4 Å². The van der Waals surface area contributed by atoms with Crippen molar-refractivity contribution in [2.24, 2.45) is 0 Å². The van der Waals surface area contributed by atoms with Gasteiger partial charge < -0.3 is 4.74 Å². The fourth-order valence-electron chi connectivity index (χ4n) is 4.45. The molecular formula is C33H33ClN2O4S. The number of nitrogens with zero attached hydrogens (tertiary/aromatic N) is 2. The maximum atomic E-state index is 13.6. The highest BCUT2D eigenvalue weighted by Gasteiger charge is 2.24. The number of sulfonamides is 1. The van der Waals surface area contributed by atoms with Crippen LogP contribution in [0.15, 0.2) is 114 Å². The fraction of sp³-hybridized carbons (Fsp3) is 0.212. The SMILES string of the molecule is COC(=O)CCC/C=C(\c1ccc(CCN(Cc2ccccc2)S(=O)(=O)c2ccc(Cl)cc2)cc1)c1cccnc1. The fourth-order valence-corrected chi connectivity index (χ4v) is 6.01. The minimum atomic E-state index is -3.74. The number of halogens is 1. The quantitative estimate of drug-likeness (QED) is 0.125. The van der Waals surface area contributed by atoms with Gasteiger partial charge in [-0.25, -0.2) is 8.42 Å². The van der Waals surface area contributed by atoms with Crippen LogP contribution in [-0.2, 0) is 32.5 Å². The molecule has 0 aliphatic carbocycles. The Hall–Kier alpha value is -3.78. The molecule has 0 radical (unpaired) electrons. The number of unbranched alkanes of at least 4 members (excludes halogenated alkanes) is 1. The van der Waals surface area contributed by atoms with Gasteiger partial charge in [0.05, 0.1) is 12.0 Å². The van der Waals surface area contributed by atoms with E-state index in [-0.39, 0.29) is 17.4 Å². The number of carbonyl (C=O) groups is 1. The lowest BCUT2D eigenvalue weighted by Gasteiger charge is -2.23. The highest BCUT2D eigenvalue weighted by Crippen LogP contribution is 2.26. The molecule has 212 valence electrons. The van der Waals surface area contributed by atoms with Crippen molar-refractivity contribution in [3.8, 4) is 0 Å². The third-order valence-corrected chi connectivity index (χ3v) is 8.81. The molecule has 0 N–H and O–H groups in total. The highest BCUT2D eigenvalue weighted by molar-refractivity contribution is 7.89. The average Bonchev–Trinajstić information content (AvgIpc) is 3.00. The molecule has 3 aromatic carbocycles. The first-order chi connectivity index (χ1) is 19.9. The Morgan fingerprint density at radius 1 is 0.902 bits per heavy atom. The summed E-state index contributed by atoms with van der Waals surface area (Å²) >= 11 is 6.01. The van der Waals surface area contributed by atoms with Crippen molar-refractivity contribution >= 4 is 33.2 Å². The molecule has 0 spiro atoms. The Bertz CT molecular complexity index is 1540. The van der Waals surface area contributed by atoms with Gasteiger partial charge in [-0.2, -0.15) is 4.31 Å². The van der Waals surface area contributed by atoms with E-state index in [0.717, 1.165) is 34.2 Å². The predicted octanol–water partition coefficient (Wildman–Crippen LogP) is 6.94. The number of carbonyl (C=O) groups excluding carboxylic acids is 1. The van der Waals surface area contributed by atoms with Crippen LogP contribution in [0.1, 0.15) is 41.5 Å². The number of allylic oxidation sites excluding steroid dienone is 1. The van der Waals surface area contributed by atoms with Crippen molar-refractivity contribution in [3.63, 3.8) is 0 Å². The maximum absolute atomic E-state index is 13.6. The van der Waals surface area contributed by atoms with E-state index in [1.807, 2.05) is 72.9 Å². The van der Waals surface area contributed by atoms with Gasteiger partial charge in [-0.15, -0.1) is 0 Å². The van der Waals surface area contributed by atoms with E-state index in [1.54, 1.807) is 30.5 Å². The van der Waals surface area contributed by atoms with Crippen LogP contribution in [0, 0.1) is 0 Å². The standard InChI is InChI=1S/C33H33ClN2O4S/c1-40-33(37)12-6-5-11-32(29-10-7-22-35-24-29)28-15-13-26(14-16-28)21-23-36(25-27-8-3-2-4-9-27)41(38,39)31-19-17-30(34)18-20-31/h2-4,7-11,13-20,22,24H,5-6,12,21,23,25H2,1H3/b32-11+. The molecular weight excluding hydrogens is 556 g/mol. The first kappa shape index (κ1) is 30.2. The first-order valence-electron chi connectivity index (χ1n) is 13.4. The number of hydrogen-bond donors (Lipinski definition) is 0. The average molecular weight is 589 g/mol. The molecule has 0 unspecified atom stereocenters. The summed E-state index contributed by atoms with van der Waals surface area (Å²) in [6.45, 7) is 0.585. The van der Waals surface area contributed by atoms with Crippen LogP contribution in [0.3, 0.4) is 0 Å². The van der Waals surface area contributed by atoms with Crippen LogP contribution in [0.25, 0.3) is 5.57 Å². The summed E-state index contributed by atoms with van der Waals surface area (Å²) in [5.41, 5.74) is 4.98. The Labute approximate surface area is 247 Å². The Balaban J connectivity index is 1.52. The molecule has 6 nitrogen and oxygen atoms in total. The van der Waals surface area contributed by atoms with Gasteiger partial charge >= 0.3 is 5.97 Å². The Kier molecular flexibility index (Phi) is 10.8. The zero-order valence-electron chi connectivity index (χ0n) is 22.9. The second kappa shape index (κ2) is 14.7. The number of methoxy groups -OCH3 is 1. The molecule has 0 atom stereocenters. The number of benzene rings is 3. The lowest BCUT2D eigenvalue weighted by molar-refractivity contribution is -0.140. The third-order valence-electron chi connectivity index (χ3n) is 6.70. The van der Waals surface area contributed by atoms with Gasteiger partial charge in [0.2, 0.25) is 10.0 Å². The van der Waals surface area contributed by atoms with Gasteiger partial charge in [0.25, 0.3) is 0 Å². The van der Waals surface area contributed by atoms with E-state index in [0.29, 0.717) is 30.8 Å². The van der Waals surface area contributed by atoms with Crippen LogP contribution >= 0.6 is 11.6 Å². The molecule has 4 rings (SSSR count). The lowest BCUT2D eigenvalue weighted by Crippen LogP contribution is -2.32. The minimum absolute atomic E-state index is 0.214. The zero-order chi connectivity index (χ0) is 29.1. The number of pyridine rings is 1. The summed E-state index contributed by atoms with van der Waals surface area (Å²) in [6, 6.07) is 27.9. The molecule has 0 aliphatic heterocycles. The van der Waals surface area contributed by atoms with Gasteiger partial charge in [0.1, 0.15) is 0 Å². The predicted molar refractivity (Wildman–Crippen MR) is 163 cm³/mol. The Morgan fingerprint density at radius 3 is 2.29 bits per heavy atom.